The summed E-state index contributed by atoms with van der Waals surface area (Å²) < 4.78 is 10.9. The highest BCUT2D eigenvalue weighted by Gasteiger charge is 2.47. The highest BCUT2D eigenvalue weighted by molar-refractivity contribution is 8.00. The first kappa shape index (κ1) is 31.0. The Labute approximate surface area is 240 Å². The Bertz CT molecular complexity index is 1210. The van der Waals surface area contributed by atoms with Gasteiger partial charge in [-0.2, -0.15) is 0 Å². The van der Waals surface area contributed by atoms with Crippen molar-refractivity contribution in [3.8, 4) is 0 Å². The third-order valence-electron chi connectivity index (χ3n) is 5.88. The lowest BCUT2D eigenvalue weighted by atomic mass is 9.94. The molecule has 0 radical (unpaired) electrons. The number of rotatable bonds is 8. The fourth-order valence-electron chi connectivity index (χ4n) is 4.17. The highest BCUT2D eigenvalue weighted by atomic mass is 32.2. The van der Waals surface area contributed by atoms with E-state index in [0.717, 1.165) is 5.56 Å². The molecule has 0 bridgehead atoms. The average molecular weight is 570 g/mol. The van der Waals surface area contributed by atoms with Gasteiger partial charge in [0.05, 0.1) is 18.3 Å². The van der Waals surface area contributed by atoms with Crippen molar-refractivity contribution in [2.24, 2.45) is 5.41 Å². The SMILES string of the molecule is CC(C)(C)OC(=O)[C@@H]1CSC(C(C)(C)C)N1C(=O)CNC(=O)Nc1cccc(CC(=O)OCc2ccccc2)c1. The molecule has 3 amide bonds. The monoisotopic (exact) mass is 569 g/mol. The van der Waals surface area contributed by atoms with Crippen LogP contribution in [0.2, 0.25) is 0 Å². The van der Waals surface area contributed by atoms with Gasteiger partial charge in [-0.15, -0.1) is 11.8 Å². The molecule has 1 unspecified atom stereocenters. The average Bonchev–Trinajstić information content (AvgIpc) is 3.32. The van der Waals surface area contributed by atoms with Gasteiger partial charge in [-0.3, -0.25) is 9.59 Å². The molecule has 0 aliphatic carbocycles. The van der Waals surface area contributed by atoms with E-state index >= 15 is 0 Å². The number of thioether (sulfide) groups is 1. The first-order valence-corrected chi connectivity index (χ1v) is 14.3. The molecule has 40 heavy (non-hydrogen) atoms. The topological polar surface area (TPSA) is 114 Å². The van der Waals surface area contributed by atoms with Crippen molar-refractivity contribution < 1.29 is 28.7 Å². The maximum Gasteiger partial charge on any atom is 0.330 e. The smallest absolute Gasteiger partial charge is 0.330 e. The number of urea groups is 1. The minimum atomic E-state index is -0.732. The van der Waals surface area contributed by atoms with Gasteiger partial charge in [-0.1, -0.05) is 63.2 Å². The van der Waals surface area contributed by atoms with Crippen molar-refractivity contribution in [1.29, 1.82) is 0 Å². The zero-order valence-electron chi connectivity index (χ0n) is 24.0. The predicted molar refractivity (Wildman–Crippen MR) is 156 cm³/mol. The molecule has 1 fully saturated rings. The second-order valence-electron chi connectivity index (χ2n) is 11.7. The van der Waals surface area contributed by atoms with E-state index < -0.39 is 23.6 Å². The Balaban J connectivity index is 1.56. The summed E-state index contributed by atoms with van der Waals surface area (Å²) in [6, 6.07) is 15.0. The van der Waals surface area contributed by atoms with E-state index in [4.69, 9.17) is 9.47 Å². The van der Waals surface area contributed by atoms with Gasteiger partial charge in [0.1, 0.15) is 18.2 Å². The van der Waals surface area contributed by atoms with Crippen LogP contribution in [0.3, 0.4) is 0 Å². The molecule has 10 heteroatoms. The summed E-state index contributed by atoms with van der Waals surface area (Å²) in [5.74, 6) is -0.781. The number of carbonyl (C=O) groups excluding carboxylic acids is 4. The molecule has 2 aromatic rings. The number of esters is 2. The first-order valence-electron chi connectivity index (χ1n) is 13.2. The molecule has 9 nitrogen and oxygen atoms in total. The van der Waals surface area contributed by atoms with Crippen LogP contribution in [0.1, 0.15) is 52.7 Å². The first-order chi connectivity index (χ1) is 18.7. The number of carbonyl (C=O) groups is 4. The van der Waals surface area contributed by atoms with Crippen molar-refractivity contribution >= 4 is 41.3 Å². The number of amides is 3. The number of anilines is 1. The van der Waals surface area contributed by atoms with E-state index in [2.05, 4.69) is 10.6 Å². The summed E-state index contributed by atoms with van der Waals surface area (Å²) in [6.07, 6.45) is 0.0509. The summed E-state index contributed by atoms with van der Waals surface area (Å²) in [7, 11) is 0. The molecule has 0 aromatic heterocycles. The van der Waals surface area contributed by atoms with Crippen molar-refractivity contribution in [3.63, 3.8) is 0 Å². The van der Waals surface area contributed by atoms with Crippen molar-refractivity contribution in [2.45, 2.75) is 71.6 Å². The lowest BCUT2D eigenvalue weighted by Crippen LogP contribution is -2.53. The minimum absolute atomic E-state index is 0.0509. The van der Waals surface area contributed by atoms with Gasteiger partial charge in [0, 0.05) is 11.4 Å². The standard InChI is InChI=1S/C30H39N3O6S/c1-29(2,3)27-33(23(19-40-27)26(36)39-30(4,5)6)24(34)17-31-28(37)32-22-14-10-13-21(15-22)16-25(35)38-18-20-11-8-7-9-12-20/h7-15,23,27H,16-19H2,1-6H3,(H2,31,32,37)/t23-,27?/m0/s1. The normalized spacial score (nSPS) is 17.2. The summed E-state index contributed by atoms with van der Waals surface area (Å²) >= 11 is 1.53. The van der Waals surface area contributed by atoms with E-state index in [1.807, 2.05) is 51.1 Å². The molecule has 2 aromatic carbocycles. The molecule has 1 heterocycles. The summed E-state index contributed by atoms with van der Waals surface area (Å²) in [5.41, 5.74) is 1.07. The lowest BCUT2D eigenvalue weighted by Gasteiger charge is -2.36. The lowest BCUT2D eigenvalue weighted by molar-refractivity contribution is -0.164. The molecule has 216 valence electrons. The highest BCUT2D eigenvalue weighted by Crippen LogP contribution is 2.41. The van der Waals surface area contributed by atoms with Crippen LogP contribution in [0.5, 0.6) is 0 Å². The number of nitrogens with zero attached hydrogens (tertiary/aromatic N) is 1. The van der Waals surface area contributed by atoms with Gasteiger partial charge in [0.25, 0.3) is 0 Å². The summed E-state index contributed by atoms with van der Waals surface area (Å²) in [5, 5.41) is 5.04. The van der Waals surface area contributed by atoms with E-state index in [9.17, 15) is 19.2 Å². The number of hydrogen-bond donors (Lipinski definition) is 2. The van der Waals surface area contributed by atoms with E-state index in [0.29, 0.717) is 17.0 Å². The second-order valence-corrected chi connectivity index (χ2v) is 12.8. The van der Waals surface area contributed by atoms with Gasteiger partial charge >= 0.3 is 18.0 Å². The molecular weight excluding hydrogens is 530 g/mol. The fourth-order valence-corrected chi connectivity index (χ4v) is 5.75. The zero-order valence-corrected chi connectivity index (χ0v) is 24.8. The third-order valence-corrected chi connectivity index (χ3v) is 7.64. The maximum atomic E-state index is 13.3. The quantitative estimate of drug-likeness (QED) is 0.441. The van der Waals surface area contributed by atoms with Crippen LogP contribution in [-0.4, -0.2) is 58.1 Å². The molecule has 2 N–H and O–H groups in total. The van der Waals surface area contributed by atoms with Gasteiger partial charge in [0.15, 0.2) is 0 Å². The fraction of sp³-hybridized carbons (Fsp3) is 0.467. The molecule has 1 saturated heterocycles. The van der Waals surface area contributed by atoms with Crippen LogP contribution < -0.4 is 10.6 Å². The van der Waals surface area contributed by atoms with Crippen LogP contribution in [-0.2, 0) is 36.9 Å². The van der Waals surface area contributed by atoms with Crippen LogP contribution in [0.25, 0.3) is 0 Å². The molecule has 3 rings (SSSR count). The van der Waals surface area contributed by atoms with E-state index in [1.165, 1.54) is 11.8 Å². The van der Waals surface area contributed by atoms with Crippen LogP contribution in [0.15, 0.2) is 54.6 Å². The van der Waals surface area contributed by atoms with Gasteiger partial charge < -0.3 is 25.0 Å². The molecular formula is C30H39N3O6S. The molecule has 1 aliphatic rings. The Morgan fingerprint density at radius 1 is 0.950 bits per heavy atom. The Morgan fingerprint density at radius 2 is 1.62 bits per heavy atom. The van der Waals surface area contributed by atoms with Crippen LogP contribution in [0, 0.1) is 5.41 Å². The van der Waals surface area contributed by atoms with Gasteiger partial charge in [-0.05, 0) is 49.4 Å². The van der Waals surface area contributed by atoms with Gasteiger partial charge in [0.2, 0.25) is 5.91 Å². The van der Waals surface area contributed by atoms with Crippen molar-refractivity contribution in [3.05, 3.63) is 65.7 Å². The van der Waals surface area contributed by atoms with E-state index in [-0.39, 0.29) is 42.2 Å². The predicted octanol–water partition coefficient (Wildman–Crippen LogP) is 4.75. The second kappa shape index (κ2) is 13.2. The van der Waals surface area contributed by atoms with Crippen LogP contribution >= 0.6 is 11.8 Å². The summed E-state index contributed by atoms with van der Waals surface area (Å²) in [6.45, 7) is 11.3. The number of hydrogen-bond acceptors (Lipinski definition) is 7. The van der Waals surface area contributed by atoms with Gasteiger partial charge in [-0.25, -0.2) is 9.59 Å². The van der Waals surface area contributed by atoms with Crippen LogP contribution in [0.4, 0.5) is 10.5 Å². The molecule has 1 aliphatic heterocycles. The van der Waals surface area contributed by atoms with Crippen molar-refractivity contribution in [2.75, 3.05) is 17.6 Å². The Morgan fingerprint density at radius 3 is 2.27 bits per heavy atom. The number of benzene rings is 2. The zero-order chi connectivity index (χ0) is 29.5. The number of nitrogens with one attached hydrogen (secondary N) is 2. The molecule has 0 saturated carbocycles. The summed E-state index contributed by atoms with van der Waals surface area (Å²) in [4.78, 5) is 52.6. The minimum Gasteiger partial charge on any atom is -0.461 e. The maximum absolute atomic E-state index is 13.3. The van der Waals surface area contributed by atoms with Crippen molar-refractivity contribution in [1.82, 2.24) is 10.2 Å². The van der Waals surface area contributed by atoms with E-state index in [1.54, 1.807) is 49.9 Å². The Kier molecular flexibility index (Phi) is 10.2. The Hall–Kier alpha value is -3.53. The number of ether oxygens (including phenoxy) is 2. The molecule has 2 atom stereocenters. The largest absolute Gasteiger partial charge is 0.461 e. The molecule has 0 spiro atoms. The third kappa shape index (κ3) is 9.29.